The van der Waals surface area contributed by atoms with Gasteiger partial charge in [-0.3, -0.25) is 9.59 Å². The molecule has 0 saturated heterocycles. The number of aromatic nitrogens is 1. The van der Waals surface area contributed by atoms with E-state index in [9.17, 15) is 9.59 Å². The van der Waals surface area contributed by atoms with Crippen molar-refractivity contribution in [3.8, 4) is 0 Å². The molecule has 1 saturated carbocycles. The summed E-state index contributed by atoms with van der Waals surface area (Å²) < 4.78 is 0. The zero-order valence-corrected chi connectivity index (χ0v) is 12.5. The van der Waals surface area contributed by atoms with Gasteiger partial charge in [0, 0.05) is 17.1 Å². The Kier molecular flexibility index (Phi) is 4.20. The molecule has 1 aliphatic rings. The first kappa shape index (κ1) is 14.1. The Balaban J connectivity index is 1.79. The number of carbonyl (C=O) groups is 1. The zero-order chi connectivity index (χ0) is 14.7. The van der Waals surface area contributed by atoms with Gasteiger partial charge in [0.2, 0.25) is 5.56 Å². The number of hydrogen-bond acceptors (Lipinski definition) is 3. The molecule has 3 rings (SSSR count). The Labute approximate surface area is 127 Å². The van der Waals surface area contributed by atoms with Crippen LogP contribution in [0, 0.1) is 5.92 Å². The summed E-state index contributed by atoms with van der Waals surface area (Å²) in [4.78, 5) is 27.2. The minimum Gasteiger partial charge on any atom is -0.344 e. The molecule has 2 heterocycles. The SMILES string of the molecule is O=C(N[C@@H](c1cccs1)C1CCCC1)c1ccc(=O)[nH]c1. The summed E-state index contributed by atoms with van der Waals surface area (Å²) in [7, 11) is 0. The van der Waals surface area contributed by atoms with Gasteiger partial charge in [-0.05, 0) is 36.3 Å². The van der Waals surface area contributed by atoms with Crippen LogP contribution in [-0.4, -0.2) is 10.9 Å². The predicted octanol–water partition coefficient (Wildman–Crippen LogP) is 3.10. The van der Waals surface area contributed by atoms with Crippen LogP contribution in [-0.2, 0) is 0 Å². The number of amides is 1. The number of hydrogen-bond donors (Lipinski definition) is 2. The van der Waals surface area contributed by atoms with Crippen LogP contribution in [0.1, 0.15) is 47.0 Å². The molecule has 1 fully saturated rings. The van der Waals surface area contributed by atoms with Crippen molar-refractivity contribution < 1.29 is 4.79 Å². The highest BCUT2D eigenvalue weighted by Crippen LogP contribution is 2.37. The molecule has 0 bridgehead atoms. The van der Waals surface area contributed by atoms with E-state index in [1.807, 2.05) is 11.4 Å². The summed E-state index contributed by atoms with van der Waals surface area (Å²) in [5, 5.41) is 5.19. The molecule has 110 valence electrons. The Hall–Kier alpha value is -1.88. The van der Waals surface area contributed by atoms with E-state index < -0.39 is 0 Å². The Morgan fingerprint density at radius 3 is 2.71 bits per heavy atom. The molecule has 0 aliphatic heterocycles. The maximum atomic E-state index is 12.4. The van der Waals surface area contributed by atoms with Crippen molar-refractivity contribution in [3.05, 3.63) is 56.6 Å². The summed E-state index contributed by atoms with van der Waals surface area (Å²) in [6.45, 7) is 0. The van der Waals surface area contributed by atoms with Crippen LogP contribution in [0.25, 0.3) is 0 Å². The summed E-state index contributed by atoms with van der Waals surface area (Å²) in [5.41, 5.74) is 0.298. The van der Waals surface area contributed by atoms with Gasteiger partial charge in [-0.15, -0.1) is 11.3 Å². The third-order valence-electron chi connectivity index (χ3n) is 4.05. The first-order valence-electron chi connectivity index (χ1n) is 7.27. The van der Waals surface area contributed by atoms with Crippen LogP contribution in [0.3, 0.4) is 0 Å². The van der Waals surface area contributed by atoms with Crippen molar-refractivity contribution in [2.24, 2.45) is 5.92 Å². The fourth-order valence-electron chi connectivity index (χ4n) is 2.96. The highest BCUT2D eigenvalue weighted by atomic mass is 32.1. The Bertz CT molecular complexity index is 637. The highest BCUT2D eigenvalue weighted by molar-refractivity contribution is 7.10. The van der Waals surface area contributed by atoms with Crippen molar-refractivity contribution in [1.82, 2.24) is 10.3 Å². The molecule has 1 aliphatic carbocycles. The molecule has 21 heavy (non-hydrogen) atoms. The molecule has 1 atom stereocenters. The van der Waals surface area contributed by atoms with E-state index in [1.54, 1.807) is 17.4 Å². The molecule has 2 N–H and O–H groups in total. The van der Waals surface area contributed by atoms with Crippen LogP contribution < -0.4 is 10.9 Å². The molecule has 5 heteroatoms. The Morgan fingerprint density at radius 1 is 1.29 bits per heavy atom. The van der Waals surface area contributed by atoms with E-state index >= 15 is 0 Å². The van der Waals surface area contributed by atoms with Crippen LogP contribution in [0.5, 0.6) is 0 Å². The second kappa shape index (κ2) is 6.26. The van der Waals surface area contributed by atoms with Gasteiger partial charge in [0.1, 0.15) is 0 Å². The lowest BCUT2D eigenvalue weighted by Gasteiger charge is -2.23. The van der Waals surface area contributed by atoms with Crippen molar-refractivity contribution in [2.75, 3.05) is 0 Å². The lowest BCUT2D eigenvalue weighted by molar-refractivity contribution is 0.0922. The molecular weight excluding hydrogens is 284 g/mol. The summed E-state index contributed by atoms with van der Waals surface area (Å²) in [5.74, 6) is 0.381. The minimum atomic E-state index is -0.197. The van der Waals surface area contributed by atoms with Crippen LogP contribution in [0.15, 0.2) is 40.6 Å². The van der Waals surface area contributed by atoms with Gasteiger partial charge < -0.3 is 10.3 Å². The maximum absolute atomic E-state index is 12.4. The number of rotatable bonds is 4. The highest BCUT2D eigenvalue weighted by Gasteiger charge is 2.28. The van der Waals surface area contributed by atoms with E-state index in [2.05, 4.69) is 16.4 Å². The molecule has 0 aromatic carbocycles. The fourth-order valence-corrected chi connectivity index (χ4v) is 3.83. The summed E-state index contributed by atoms with van der Waals surface area (Å²) in [6, 6.07) is 7.13. The van der Waals surface area contributed by atoms with Gasteiger partial charge in [0.25, 0.3) is 5.91 Å². The smallest absolute Gasteiger partial charge is 0.253 e. The van der Waals surface area contributed by atoms with E-state index in [0.717, 1.165) is 12.8 Å². The maximum Gasteiger partial charge on any atom is 0.253 e. The molecule has 4 nitrogen and oxygen atoms in total. The van der Waals surface area contributed by atoms with E-state index in [4.69, 9.17) is 0 Å². The van der Waals surface area contributed by atoms with Gasteiger partial charge in [0.15, 0.2) is 0 Å². The third kappa shape index (κ3) is 3.24. The number of H-pyrrole nitrogens is 1. The molecule has 1 amide bonds. The average Bonchev–Trinajstić information content (AvgIpc) is 3.19. The van der Waals surface area contributed by atoms with Crippen molar-refractivity contribution in [2.45, 2.75) is 31.7 Å². The number of carbonyl (C=O) groups excluding carboxylic acids is 1. The number of pyridine rings is 1. The monoisotopic (exact) mass is 302 g/mol. The third-order valence-corrected chi connectivity index (χ3v) is 5.01. The van der Waals surface area contributed by atoms with Gasteiger partial charge in [-0.25, -0.2) is 0 Å². The molecular formula is C16H18N2O2S. The normalized spacial score (nSPS) is 16.8. The van der Waals surface area contributed by atoms with Gasteiger partial charge in [-0.1, -0.05) is 18.9 Å². The van der Waals surface area contributed by atoms with E-state index in [1.165, 1.54) is 30.0 Å². The standard InChI is InChI=1S/C16H18N2O2S/c19-14-8-7-12(10-17-14)16(20)18-15(11-4-1-2-5-11)13-6-3-9-21-13/h3,6-11,15H,1-2,4-5H2,(H,17,19)(H,18,20)/t15-/m1/s1. The largest absolute Gasteiger partial charge is 0.344 e. The van der Waals surface area contributed by atoms with E-state index in [-0.39, 0.29) is 17.5 Å². The lowest BCUT2D eigenvalue weighted by Crippen LogP contribution is -2.32. The number of aromatic amines is 1. The van der Waals surface area contributed by atoms with Crippen molar-refractivity contribution in [1.29, 1.82) is 0 Å². The lowest BCUT2D eigenvalue weighted by atomic mass is 9.96. The molecule has 0 spiro atoms. The number of thiophene rings is 1. The van der Waals surface area contributed by atoms with Gasteiger partial charge >= 0.3 is 0 Å². The van der Waals surface area contributed by atoms with Crippen LogP contribution in [0.4, 0.5) is 0 Å². The first-order chi connectivity index (χ1) is 10.2. The Morgan fingerprint density at radius 2 is 2.10 bits per heavy atom. The minimum absolute atomic E-state index is 0.0759. The van der Waals surface area contributed by atoms with E-state index in [0.29, 0.717) is 11.5 Å². The van der Waals surface area contributed by atoms with Crippen LogP contribution >= 0.6 is 11.3 Å². The fraction of sp³-hybridized carbons (Fsp3) is 0.375. The summed E-state index contributed by atoms with van der Waals surface area (Å²) in [6.07, 6.45) is 6.27. The molecule has 0 unspecified atom stereocenters. The predicted molar refractivity (Wildman–Crippen MR) is 83.5 cm³/mol. The number of nitrogens with one attached hydrogen (secondary N) is 2. The van der Waals surface area contributed by atoms with Crippen molar-refractivity contribution >= 4 is 17.2 Å². The first-order valence-corrected chi connectivity index (χ1v) is 8.15. The average molecular weight is 302 g/mol. The van der Waals surface area contributed by atoms with Crippen LogP contribution in [0.2, 0.25) is 0 Å². The van der Waals surface area contributed by atoms with Gasteiger partial charge in [-0.2, -0.15) is 0 Å². The molecule has 2 aromatic rings. The second-order valence-corrected chi connectivity index (χ2v) is 6.43. The van der Waals surface area contributed by atoms with Gasteiger partial charge in [0.05, 0.1) is 11.6 Å². The summed E-state index contributed by atoms with van der Waals surface area (Å²) >= 11 is 1.68. The van der Waals surface area contributed by atoms with Crippen molar-refractivity contribution in [3.63, 3.8) is 0 Å². The molecule has 2 aromatic heterocycles. The molecule has 0 radical (unpaired) electrons. The zero-order valence-electron chi connectivity index (χ0n) is 11.7. The quantitative estimate of drug-likeness (QED) is 0.911. The second-order valence-electron chi connectivity index (χ2n) is 5.45. The topological polar surface area (TPSA) is 62.0 Å².